The molecular formula is C24H26N4O2S. The minimum absolute atomic E-state index is 0.0313. The maximum Gasteiger partial charge on any atom is 0.254 e. The molecule has 1 aliphatic heterocycles. The summed E-state index contributed by atoms with van der Waals surface area (Å²) >= 11 is 1.51. The number of thiophene rings is 1. The van der Waals surface area contributed by atoms with Crippen LogP contribution in [0.2, 0.25) is 0 Å². The fourth-order valence-corrected chi connectivity index (χ4v) is 4.51. The zero-order chi connectivity index (χ0) is 22.0. The molecule has 0 saturated heterocycles. The van der Waals surface area contributed by atoms with Crippen molar-refractivity contribution in [1.29, 1.82) is 0 Å². The van der Waals surface area contributed by atoms with Gasteiger partial charge in [0.2, 0.25) is 0 Å². The Labute approximate surface area is 186 Å². The van der Waals surface area contributed by atoms with E-state index in [-0.39, 0.29) is 11.8 Å². The van der Waals surface area contributed by atoms with Crippen LogP contribution in [0.1, 0.15) is 43.1 Å². The molecule has 3 heterocycles. The summed E-state index contributed by atoms with van der Waals surface area (Å²) in [5.41, 5.74) is 6.66. The third-order valence-electron chi connectivity index (χ3n) is 5.72. The fourth-order valence-electron chi connectivity index (χ4n) is 3.88. The molecule has 0 spiro atoms. The van der Waals surface area contributed by atoms with Gasteiger partial charge in [-0.2, -0.15) is 11.3 Å². The smallest absolute Gasteiger partial charge is 0.254 e. The zero-order valence-corrected chi connectivity index (χ0v) is 18.8. The van der Waals surface area contributed by atoms with Gasteiger partial charge in [-0.1, -0.05) is 0 Å². The largest absolute Gasteiger partial charge is 0.378 e. The summed E-state index contributed by atoms with van der Waals surface area (Å²) in [4.78, 5) is 33.8. The molecule has 1 aromatic carbocycles. The van der Waals surface area contributed by atoms with E-state index in [1.165, 1.54) is 16.9 Å². The van der Waals surface area contributed by atoms with Crippen molar-refractivity contribution in [3.8, 4) is 0 Å². The molecule has 3 aromatic rings. The number of pyridine rings is 1. The summed E-state index contributed by atoms with van der Waals surface area (Å²) in [5, 5.41) is 6.75. The van der Waals surface area contributed by atoms with Gasteiger partial charge in [0.05, 0.1) is 0 Å². The zero-order valence-electron chi connectivity index (χ0n) is 18.0. The maximum atomic E-state index is 13.0. The van der Waals surface area contributed by atoms with Gasteiger partial charge in [-0.3, -0.25) is 14.6 Å². The highest BCUT2D eigenvalue weighted by Crippen LogP contribution is 2.25. The molecule has 0 bridgehead atoms. The second-order valence-electron chi connectivity index (χ2n) is 7.94. The Morgan fingerprint density at radius 1 is 1.16 bits per heavy atom. The highest BCUT2D eigenvalue weighted by Gasteiger charge is 2.25. The topological polar surface area (TPSA) is 65.5 Å². The van der Waals surface area contributed by atoms with Crippen LogP contribution in [0.3, 0.4) is 0 Å². The predicted molar refractivity (Wildman–Crippen MR) is 124 cm³/mol. The molecule has 0 radical (unpaired) electrons. The van der Waals surface area contributed by atoms with Crippen LogP contribution in [-0.2, 0) is 19.5 Å². The molecule has 4 rings (SSSR count). The van der Waals surface area contributed by atoms with E-state index < -0.39 is 0 Å². The van der Waals surface area contributed by atoms with Crippen LogP contribution in [0.4, 0.5) is 5.69 Å². The monoisotopic (exact) mass is 434 g/mol. The van der Waals surface area contributed by atoms with Crippen LogP contribution in [0, 0.1) is 6.92 Å². The van der Waals surface area contributed by atoms with E-state index in [2.05, 4.69) is 10.3 Å². The minimum Gasteiger partial charge on any atom is -0.378 e. The molecule has 0 atom stereocenters. The summed E-state index contributed by atoms with van der Waals surface area (Å²) < 4.78 is 0. The van der Waals surface area contributed by atoms with Crippen LogP contribution in [-0.4, -0.2) is 42.3 Å². The quantitative estimate of drug-likeness (QED) is 0.666. The van der Waals surface area contributed by atoms with Gasteiger partial charge < -0.3 is 15.1 Å². The molecule has 0 aliphatic carbocycles. The molecule has 6 nitrogen and oxygen atoms in total. The van der Waals surface area contributed by atoms with E-state index in [9.17, 15) is 9.59 Å². The second kappa shape index (κ2) is 8.89. The van der Waals surface area contributed by atoms with Crippen LogP contribution < -0.4 is 10.2 Å². The number of anilines is 1. The third-order valence-corrected chi connectivity index (χ3v) is 6.41. The number of hydrogen-bond donors (Lipinski definition) is 1. The van der Waals surface area contributed by atoms with Crippen molar-refractivity contribution in [2.24, 2.45) is 0 Å². The molecule has 1 N–H and O–H groups in total. The Bertz CT molecular complexity index is 1090. The van der Waals surface area contributed by atoms with Gasteiger partial charge >= 0.3 is 0 Å². The first kappa shape index (κ1) is 21.1. The Balaban J connectivity index is 1.48. The number of aryl methyl sites for hydroxylation is 1. The maximum absolute atomic E-state index is 13.0. The summed E-state index contributed by atoms with van der Waals surface area (Å²) in [5.74, 6) is -0.0455. The average molecular weight is 435 g/mol. The van der Waals surface area contributed by atoms with Gasteiger partial charge in [0.1, 0.15) is 0 Å². The van der Waals surface area contributed by atoms with Crippen LogP contribution in [0.15, 0.2) is 47.3 Å². The van der Waals surface area contributed by atoms with E-state index in [0.717, 1.165) is 28.9 Å². The van der Waals surface area contributed by atoms with E-state index in [1.807, 2.05) is 78.1 Å². The van der Waals surface area contributed by atoms with E-state index in [4.69, 9.17) is 0 Å². The predicted octanol–water partition coefficient (Wildman–Crippen LogP) is 3.65. The first-order valence-electron chi connectivity index (χ1n) is 10.3. The molecule has 1 aliphatic rings. The summed E-state index contributed by atoms with van der Waals surface area (Å²) in [6.45, 7) is 3.59. The summed E-state index contributed by atoms with van der Waals surface area (Å²) in [7, 11) is 3.96. The lowest BCUT2D eigenvalue weighted by molar-refractivity contribution is 0.0734. The van der Waals surface area contributed by atoms with Crippen molar-refractivity contribution in [2.45, 2.75) is 26.4 Å². The molecule has 7 heteroatoms. The lowest BCUT2D eigenvalue weighted by Gasteiger charge is -2.30. The summed E-state index contributed by atoms with van der Waals surface area (Å²) in [6, 6.07) is 9.51. The Kier molecular flexibility index (Phi) is 6.04. The number of nitrogens with one attached hydrogen (secondary N) is 1. The Hall–Kier alpha value is -3.19. The van der Waals surface area contributed by atoms with Gasteiger partial charge in [-0.15, -0.1) is 0 Å². The van der Waals surface area contributed by atoms with Gasteiger partial charge in [0.15, 0.2) is 0 Å². The Morgan fingerprint density at radius 3 is 2.61 bits per heavy atom. The van der Waals surface area contributed by atoms with E-state index in [0.29, 0.717) is 30.8 Å². The van der Waals surface area contributed by atoms with E-state index in [1.54, 1.807) is 0 Å². The summed E-state index contributed by atoms with van der Waals surface area (Å²) in [6.07, 6.45) is 2.62. The van der Waals surface area contributed by atoms with Crippen LogP contribution >= 0.6 is 11.3 Å². The number of hydrogen-bond acceptors (Lipinski definition) is 5. The normalized spacial score (nSPS) is 12.9. The standard InChI is InChI=1S/C24H26N4O2S/c1-16-22(13-26-23(29)18-9-11-31-15-18)21-8-10-28(14-19(21)12-25-16)24(30)17-4-6-20(7-5-17)27(2)3/h4-7,9,11-12,15H,8,10,13-14H2,1-3H3,(H,26,29). The Morgan fingerprint density at radius 2 is 1.94 bits per heavy atom. The number of amides is 2. The SMILES string of the molecule is Cc1ncc2c(c1CNC(=O)c1ccsc1)CCN(C(=O)c1ccc(N(C)C)cc1)C2. The first-order chi connectivity index (χ1) is 14.9. The van der Waals surface area contributed by atoms with Crippen molar-refractivity contribution in [2.75, 3.05) is 25.5 Å². The molecule has 0 unspecified atom stereocenters. The van der Waals surface area contributed by atoms with Gasteiger partial charge in [0.25, 0.3) is 11.8 Å². The molecule has 31 heavy (non-hydrogen) atoms. The molecule has 160 valence electrons. The van der Waals surface area contributed by atoms with Crippen molar-refractivity contribution in [3.05, 3.63) is 80.8 Å². The highest BCUT2D eigenvalue weighted by atomic mass is 32.1. The number of fused-ring (bicyclic) bond motifs is 1. The van der Waals surface area contributed by atoms with Crippen molar-refractivity contribution in [1.82, 2.24) is 15.2 Å². The number of benzene rings is 1. The van der Waals surface area contributed by atoms with Gasteiger partial charge in [0, 0.05) is 67.8 Å². The lowest BCUT2D eigenvalue weighted by Crippen LogP contribution is -2.37. The molecule has 2 aromatic heterocycles. The number of rotatable bonds is 5. The first-order valence-corrected chi connectivity index (χ1v) is 11.2. The third kappa shape index (κ3) is 4.46. The number of nitrogens with zero attached hydrogens (tertiary/aromatic N) is 3. The molecular weight excluding hydrogens is 408 g/mol. The average Bonchev–Trinajstić information content (AvgIpc) is 3.32. The van der Waals surface area contributed by atoms with Gasteiger partial charge in [-0.25, -0.2) is 0 Å². The highest BCUT2D eigenvalue weighted by molar-refractivity contribution is 7.08. The van der Waals surface area contributed by atoms with E-state index >= 15 is 0 Å². The number of carbonyl (C=O) groups is 2. The second-order valence-corrected chi connectivity index (χ2v) is 8.72. The fraction of sp³-hybridized carbons (Fsp3) is 0.292. The molecule has 2 amide bonds. The molecule has 0 fully saturated rings. The lowest BCUT2D eigenvalue weighted by atomic mass is 9.94. The van der Waals surface area contributed by atoms with Crippen LogP contribution in [0.25, 0.3) is 0 Å². The van der Waals surface area contributed by atoms with Gasteiger partial charge in [-0.05, 0) is 65.7 Å². The number of carbonyl (C=O) groups excluding carboxylic acids is 2. The van der Waals surface area contributed by atoms with Crippen molar-refractivity contribution >= 4 is 28.8 Å². The van der Waals surface area contributed by atoms with Crippen molar-refractivity contribution in [3.63, 3.8) is 0 Å². The number of aromatic nitrogens is 1. The van der Waals surface area contributed by atoms with Crippen LogP contribution in [0.5, 0.6) is 0 Å². The minimum atomic E-state index is -0.0768. The van der Waals surface area contributed by atoms with Crippen molar-refractivity contribution < 1.29 is 9.59 Å². The molecule has 0 saturated carbocycles.